The van der Waals surface area contributed by atoms with Crippen LogP contribution in [-0.4, -0.2) is 56.5 Å². The van der Waals surface area contributed by atoms with Crippen molar-refractivity contribution in [1.29, 1.82) is 0 Å². The number of hydrogen-bond donors (Lipinski definition) is 1. The summed E-state index contributed by atoms with van der Waals surface area (Å²) in [6, 6.07) is 16.2. The molecule has 0 saturated carbocycles. The molecule has 2 aromatic rings. The van der Waals surface area contributed by atoms with E-state index in [0.29, 0.717) is 19.0 Å². The zero-order chi connectivity index (χ0) is 20.5. The lowest BCUT2D eigenvalue weighted by Crippen LogP contribution is -2.43. The van der Waals surface area contributed by atoms with Gasteiger partial charge < -0.3 is 19.9 Å². The van der Waals surface area contributed by atoms with Crippen LogP contribution in [0.15, 0.2) is 53.5 Å². The van der Waals surface area contributed by atoms with Crippen molar-refractivity contribution in [2.24, 2.45) is 4.99 Å². The van der Waals surface area contributed by atoms with Crippen molar-refractivity contribution < 1.29 is 9.53 Å². The summed E-state index contributed by atoms with van der Waals surface area (Å²) >= 11 is 0. The normalized spacial score (nSPS) is 10.7. The smallest absolute Gasteiger partial charge is 0.241 e. The summed E-state index contributed by atoms with van der Waals surface area (Å²) in [5.41, 5.74) is 3.49. The summed E-state index contributed by atoms with van der Waals surface area (Å²) in [5.74, 6) is 1.51. The highest BCUT2D eigenvalue weighted by molar-refractivity contribution is 14.0. The van der Waals surface area contributed by atoms with Crippen LogP contribution in [0, 0.1) is 6.92 Å². The van der Waals surface area contributed by atoms with Crippen LogP contribution >= 0.6 is 24.0 Å². The highest BCUT2D eigenvalue weighted by Gasteiger charge is 2.11. The third-order valence-electron chi connectivity index (χ3n) is 4.37. The quantitative estimate of drug-likeness (QED) is 0.353. The molecule has 7 heteroatoms. The average molecular weight is 510 g/mol. The van der Waals surface area contributed by atoms with Gasteiger partial charge in [0.15, 0.2) is 5.96 Å². The fourth-order valence-corrected chi connectivity index (χ4v) is 2.56. The number of ether oxygens (including phenoxy) is 1. The number of rotatable bonds is 7. The molecule has 0 bridgehead atoms. The number of guanidine groups is 1. The lowest BCUT2D eigenvalue weighted by Gasteiger charge is -2.23. The second-order valence-corrected chi connectivity index (χ2v) is 6.97. The number of methoxy groups -OCH3 is 1. The lowest BCUT2D eigenvalue weighted by atomic mass is 10.1. The van der Waals surface area contributed by atoms with Gasteiger partial charge in [0.1, 0.15) is 5.75 Å². The van der Waals surface area contributed by atoms with Gasteiger partial charge in [0.2, 0.25) is 5.91 Å². The van der Waals surface area contributed by atoms with Gasteiger partial charge in [0, 0.05) is 27.7 Å². The second-order valence-electron chi connectivity index (χ2n) is 6.97. The van der Waals surface area contributed by atoms with E-state index < -0.39 is 0 Å². The van der Waals surface area contributed by atoms with E-state index in [1.807, 2.05) is 36.2 Å². The topological polar surface area (TPSA) is 57.2 Å². The molecule has 0 saturated heterocycles. The van der Waals surface area contributed by atoms with E-state index in [4.69, 9.17) is 9.73 Å². The molecule has 2 aromatic carbocycles. The van der Waals surface area contributed by atoms with E-state index in [9.17, 15) is 4.79 Å². The predicted molar refractivity (Wildman–Crippen MR) is 129 cm³/mol. The van der Waals surface area contributed by atoms with E-state index >= 15 is 0 Å². The third kappa shape index (κ3) is 8.31. The Morgan fingerprint density at radius 2 is 1.59 bits per heavy atom. The molecule has 0 radical (unpaired) electrons. The van der Waals surface area contributed by atoms with E-state index in [2.05, 4.69) is 36.5 Å². The first-order chi connectivity index (χ1) is 13.4. The van der Waals surface area contributed by atoms with Crippen molar-refractivity contribution in [3.05, 3.63) is 65.2 Å². The Labute approximate surface area is 191 Å². The van der Waals surface area contributed by atoms with Gasteiger partial charge in [-0.05, 0) is 30.2 Å². The summed E-state index contributed by atoms with van der Waals surface area (Å²) in [7, 11) is 7.11. The van der Waals surface area contributed by atoms with Crippen molar-refractivity contribution in [1.82, 2.24) is 15.1 Å². The van der Waals surface area contributed by atoms with E-state index in [1.54, 1.807) is 26.1 Å². The highest BCUT2D eigenvalue weighted by Crippen LogP contribution is 2.12. The minimum absolute atomic E-state index is 0. The van der Waals surface area contributed by atoms with Crippen LogP contribution in [0.4, 0.5) is 0 Å². The molecule has 0 unspecified atom stereocenters. The number of halogens is 1. The summed E-state index contributed by atoms with van der Waals surface area (Å²) < 4.78 is 5.20. The number of likely N-dealkylation sites (N-methyl/N-ethyl adjacent to an activating group) is 1. The minimum atomic E-state index is 0. The summed E-state index contributed by atoms with van der Waals surface area (Å²) in [4.78, 5) is 20.3. The van der Waals surface area contributed by atoms with Crippen LogP contribution in [0.3, 0.4) is 0 Å². The summed E-state index contributed by atoms with van der Waals surface area (Å²) in [6.45, 7) is 3.49. The molecule has 0 aliphatic carbocycles. The monoisotopic (exact) mass is 510 g/mol. The van der Waals surface area contributed by atoms with Crippen LogP contribution in [0.5, 0.6) is 5.75 Å². The molecule has 6 nitrogen and oxygen atoms in total. The number of nitrogens with zero attached hydrogens (tertiary/aromatic N) is 3. The van der Waals surface area contributed by atoms with Crippen molar-refractivity contribution in [2.45, 2.75) is 20.0 Å². The van der Waals surface area contributed by atoms with Gasteiger partial charge in [0.25, 0.3) is 0 Å². The number of nitrogens with one attached hydrogen (secondary N) is 1. The molecular weight excluding hydrogens is 479 g/mol. The summed E-state index contributed by atoms with van der Waals surface area (Å²) in [6.07, 6.45) is 0. The van der Waals surface area contributed by atoms with Crippen LogP contribution in [0.25, 0.3) is 0 Å². The Morgan fingerprint density at radius 3 is 2.14 bits per heavy atom. The molecular formula is C22H31IN4O2. The maximum absolute atomic E-state index is 12.0. The SMILES string of the molecule is COc1ccc(CN=C(NCC(=O)N(C)C)N(C)Cc2ccc(C)cc2)cc1.I. The number of aryl methyl sites for hydroxylation is 1. The van der Waals surface area contributed by atoms with Gasteiger partial charge in [-0.1, -0.05) is 42.0 Å². The molecule has 0 atom stereocenters. The van der Waals surface area contributed by atoms with Crippen molar-refractivity contribution in [2.75, 3.05) is 34.8 Å². The first-order valence-electron chi connectivity index (χ1n) is 9.27. The zero-order valence-corrected chi connectivity index (χ0v) is 20.1. The van der Waals surface area contributed by atoms with Crippen LogP contribution in [-0.2, 0) is 17.9 Å². The molecule has 1 amide bonds. The van der Waals surface area contributed by atoms with Crippen molar-refractivity contribution in [3.8, 4) is 5.75 Å². The van der Waals surface area contributed by atoms with Gasteiger partial charge in [-0.2, -0.15) is 0 Å². The fraction of sp³-hybridized carbons (Fsp3) is 0.364. The number of carbonyl (C=O) groups excluding carboxylic acids is 1. The highest BCUT2D eigenvalue weighted by atomic mass is 127. The van der Waals surface area contributed by atoms with Gasteiger partial charge in [-0.3, -0.25) is 4.79 Å². The molecule has 1 N–H and O–H groups in total. The zero-order valence-electron chi connectivity index (χ0n) is 17.8. The molecule has 158 valence electrons. The molecule has 0 heterocycles. The molecule has 0 spiro atoms. The maximum Gasteiger partial charge on any atom is 0.241 e. The van der Waals surface area contributed by atoms with Crippen LogP contribution in [0.1, 0.15) is 16.7 Å². The second kappa shape index (κ2) is 12.3. The molecule has 0 aliphatic heterocycles. The lowest BCUT2D eigenvalue weighted by molar-refractivity contribution is -0.127. The number of amides is 1. The number of hydrogen-bond acceptors (Lipinski definition) is 3. The number of carbonyl (C=O) groups is 1. The Hall–Kier alpha value is -2.29. The van der Waals surface area contributed by atoms with Gasteiger partial charge in [-0.15, -0.1) is 24.0 Å². The number of aliphatic imine (C=N–C) groups is 1. The average Bonchev–Trinajstić information content (AvgIpc) is 2.69. The van der Waals surface area contributed by atoms with Crippen LogP contribution < -0.4 is 10.1 Å². The maximum atomic E-state index is 12.0. The van der Waals surface area contributed by atoms with Gasteiger partial charge in [-0.25, -0.2) is 4.99 Å². The van der Waals surface area contributed by atoms with E-state index in [1.165, 1.54) is 11.1 Å². The molecule has 0 aromatic heterocycles. The molecule has 2 rings (SSSR count). The van der Waals surface area contributed by atoms with E-state index in [0.717, 1.165) is 11.3 Å². The van der Waals surface area contributed by atoms with Crippen molar-refractivity contribution >= 4 is 35.8 Å². The van der Waals surface area contributed by atoms with Gasteiger partial charge >= 0.3 is 0 Å². The Kier molecular flexibility index (Phi) is 10.5. The van der Waals surface area contributed by atoms with Gasteiger partial charge in [0.05, 0.1) is 20.2 Å². The third-order valence-corrected chi connectivity index (χ3v) is 4.37. The first kappa shape index (κ1) is 24.7. The molecule has 0 aliphatic rings. The number of benzene rings is 2. The van der Waals surface area contributed by atoms with Crippen molar-refractivity contribution in [3.63, 3.8) is 0 Å². The first-order valence-corrected chi connectivity index (χ1v) is 9.27. The predicted octanol–water partition coefficient (Wildman–Crippen LogP) is 3.29. The Morgan fingerprint density at radius 1 is 1.00 bits per heavy atom. The fourth-order valence-electron chi connectivity index (χ4n) is 2.56. The Balaban J connectivity index is 0.00000420. The van der Waals surface area contributed by atoms with Crippen LogP contribution in [0.2, 0.25) is 0 Å². The largest absolute Gasteiger partial charge is 0.497 e. The standard InChI is InChI=1S/C22H30N4O2.HI/c1-17-6-8-19(9-7-17)16-26(4)22(24-15-21(27)25(2)3)23-14-18-10-12-20(28-5)13-11-18;/h6-13H,14-16H2,1-5H3,(H,23,24);1H. The Bertz CT molecular complexity index is 789. The minimum Gasteiger partial charge on any atom is -0.497 e. The molecule has 29 heavy (non-hydrogen) atoms. The molecule has 0 fully saturated rings. The van der Waals surface area contributed by atoms with E-state index in [-0.39, 0.29) is 36.4 Å². The summed E-state index contributed by atoms with van der Waals surface area (Å²) in [5, 5.41) is 3.19.